The summed E-state index contributed by atoms with van der Waals surface area (Å²) in [5, 5.41) is 31.4. The maximum Gasteiger partial charge on any atom is 0.0943 e. The van der Waals surface area contributed by atoms with E-state index >= 15 is 0 Å². The van der Waals surface area contributed by atoms with Crippen LogP contribution in [0.5, 0.6) is 0 Å². The van der Waals surface area contributed by atoms with Crippen LogP contribution in [0.4, 0.5) is 0 Å². The van der Waals surface area contributed by atoms with Crippen molar-refractivity contribution in [2.75, 3.05) is 6.54 Å². The van der Waals surface area contributed by atoms with Crippen LogP contribution in [-0.4, -0.2) is 34.0 Å². The normalized spacial score (nSPS) is 25.4. The molecule has 2 rings (SSSR count). The number of aliphatic hydroxyl groups is 3. The minimum atomic E-state index is -0.607. The van der Waals surface area contributed by atoms with Crippen molar-refractivity contribution in [3.63, 3.8) is 0 Å². The predicted molar refractivity (Wildman–Crippen MR) is 67.0 cm³/mol. The summed E-state index contributed by atoms with van der Waals surface area (Å²) < 4.78 is 0. The van der Waals surface area contributed by atoms with Gasteiger partial charge in [0.25, 0.3) is 0 Å². The molecular formula is C12H18ClNO3. The van der Waals surface area contributed by atoms with E-state index < -0.39 is 6.10 Å². The fourth-order valence-corrected chi connectivity index (χ4v) is 2.04. The third kappa shape index (κ3) is 3.40. The summed E-state index contributed by atoms with van der Waals surface area (Å²) in [4.78, 5) is 0. The standard InChI is InChI=1S/C12H17NO3.ClH/c14-7-8-1-3-9(4-2-8)12(16)11-5-10(15)6-13-11;/h1-4,10-16H,5-7H2;1H/t10-,11+,12+;/m1./s1. The summed E-state index contributed by atoms with van der Waals surface area (Å²) in [6.07, 6.45) is -0.399. The maximum atomic E-state index is 10.1. The monoisotopic (exact) mass is 259 g/mol. The second-order valence-corrected chi connectivity index (χ2v) is 4.25. The molecule has 0 bridgehead atoms. The summed E-state index contributed by atoms with van der Waals surface area (Å²) >= 11 is 0. The quantitative estimate of drug-likeness (QED) is 0.632. The Morgan fingerprint density at radius 1 is 1.29 bits per heavy atom. The first kappa shape index (κ1) is 14.4. The SMILES string of the molecule is Cl.OCc1ccc([C@H](O)[C@@H]2C[C@@H](O)CN2)cc1. The van der Waals surface area contributed by atoms with E-state index in [9.17, 15) is 10.2 Å². The van der Waals surface area contributed by atoms with Gasteiger partial charge in [-0.1, -0.05) is 24.3 Å². The number of nitrogens with one attached hydrogen (secondary N) is 1. The van der Waals surface area contributed by atoms with Gasteiger partial charge in [-0.15, -0.1) is 12.4 Å². The molecule has 0 saturated carbocycles. The third-order valence-corrected chi connectivity index (χ3v) is 3.03. The summed E-state index contributed by atoms with van der Waals surface area (Å²) in [6.45, 7) is 0.549. The van der Waals surface area contributed by atoms with Crippen LogP contribution in [0.15, 0.2) is 24.3 Å². The van der Waals surface area contributed by atoms with Gasteiger partial charge in [-0.3, -0.25) is 0 Å². The highest BCUT2D eigenvalue weighted by Crippen LogP contribution is 2.23. The summed E-state index contributed by atoms with van der Waals surface area (Å²) in [6, 6.07) is 7.12. The Morgan fingerprint density at radius 3 is 2.41 bits per heavy atom. The Kier molecular flexibility index (Phi) is 5.36. The molecule has 4 N–H and O–H groups in total. The maximum absolute atomic E-state index is 10.1. The molecule has 1 fully saturated rings. The van der Waals surface area contributed by atoms with Gasteiger partial charge in [0, 0.05) is 12.6 Å². The van der Waals surface area contributed by atoms with Crippen LogP contribution in [0.25, 0.3) is 0 Å². The Labute approximate surface area is 107 Å². The van der Waals surface area contributed by atoms with Crippen molar-refractivity contribution >= 4 is 12.4 Å². The topological polar surface area (TPSA) is 72.7 Å². The minimum Gasteiger partial charge on any atom is -0.392 e. The average molecular weight is 260 g/mol. The summed E-state index contributed by atoms with van der Waals surface area (Å²) in [5.74, 6) is 0. The van der Waals surface area contributed by atoms with E-state index in [0.717, 1.165) is 11.1 Å². The molecule has 1 aliphatic rings. The van der Waals surface area contributed by atoms with E-state index in [-0.39, 0.29) is 31.2 Å². The lowest BCUT2D eigenvalue weighted by molar-refractivity contribution is 0.125. The number of hydrogen-bond acceptors (Lipinski definition) is 4. The molecule has 0 aliphatic carbocycles. The molecule has 1 aromatic carbocycles. The van der Waals surface area contributed by atoms with Crippen LogP contribution >= 0.6 is 12.4 Å². The van der Waals surface area contributed by atoms with Gasteiger partial charge < -0.3 is 20.6 Å². The van der Waals surface area contributed by atoms with Crippen molar-refractivity contribution in [2.45, 2.75) is 31.3 Å². The number of β-amino-alcohol motifs (C(OH)–C–C–N with tert-alkyl or cyclic N) is 1. The second kappa shape index (κ2) is 6.33. The molecule has 1 aromatic rings. The Balaban J connectivity index is 0.00000144. The average Bonchev–Trinajstić information content (AvgIpc) is 2.75. The lowest BCUT2D eigenvalue weighted by atomic mass is 9.99. The van der Waals surface area contributed by atoms with E-state index in [1.54, 1.807) is 12.1 Å². The van der Waals surface area contributed by atoms with Crippen molar-refractivity contribution in [3.05, 3.63) is 35.4 Å². The molecular weight excluding hydrogens is 242 g/mol. The molecule has 1 saturated heterocycles. The predicted octanol–water partition coefficient (Wildman–Crippen LogP) is 0.357. The molecule has 0 radical (unpaired) electrons. The number of hydrogen-bond donors (Lipinski definition) is 4. The minimum absolute atomic E-state index is 0. The Morgan fingerprint density at radius 2 is 1.94 bits per heavy atom. The van der Waals surface area contributed by atoms with Gasteiger partial charge in [0.1, 0.15) is 0 Å². The molecule has 1 aliphatic heterocycles. The van der Waals surface area contributed by atoms with E-state index in [1.165, 1.54) is 0 Å². The molecule has 0 unspecified atom stereocenters. The van der Waals surface area contributed by atoms with E-state index in [1.807, 2.05) is 12.1 Å². The number of aliphatic hydroxyl groups excluding tert-OH is 3. The van der Waals surface area contributed by atoms with Gasteiger partial charge in [0.2, 0.25) is 0 Å². The van der Waals surface area contributed by atoms with Gasteiger partial charge >= 0.3 is 0 Å². The largest absolute Gasteiger partial charge is 0.392 e. The van der Waals surface area contributed by atoms with Crippen LogP contribution in [0.1, 0.15) is 23.7 Å². The van der Waals surface area contributed by atoms with Crippen LogP contribution in [0.3, 0.4) is 0 Å². The van der Waals surface area contributed by atoms with Crippen molar-refractivity contribution in [1.82, 2.24) is 5.32 Å². The molecule has 17 heavy (non-hydrogen) atoms. The van der Waals surface area contributed by atoms with Crippen molar-refractivity contribution < 1.29 is 15.3 Å². The lowest BCUT2D eigenvalue weighted by Crippen LogP contribution is -2.28. The molecule has 4 nitrogen and oxygen atoms in total. The molecule has 0 amide bonds. The number of rotatable bonds is 3. The summed E-state index contributed by atoms with van der Waals surface area (Å²) in [5.41, 5.74) is 1.64. The highest BCUT2D eigenvalue weighted by molar-refractivity contribution is 5.85. The fraction of sp³-hybridized carbons (Fsp3) is 0.500. The van der Waals surface area contributed by atoms with Crippen LogP contribution in [0.2, 0.25) is 0 Å². The second-order valence-electron chi connectivity index (χ2n) is 4.25. The molecule has 0 spiro atoms. The van der Waals surface area contributed by atoms with Crippen LogP contribution in [0, 0.1) is 0 Å². The summed E-state index contributed by atoms with van der Waals surface area (Å²) in [7, 11) is 0. The van der Waals surface area contributed by atoms with Gasteiger partial charge in [0.05, 0.1) is 18.8 Å². The third-order valence-electron chi connectivity index (χ3n) is 3.03. The molecule has 5 heteroatoms. The van der Waals surface area contributed by atoms with E-state index in [4.69, 9.17) is 5.11 Å². The Bertz CT molecular complexity index is 344. The highest BCUT2D eigenvalue weighted by atomic mass is 35.5. The lowest BCUT2D eigenvalue weighted by Gasteiger charge is -2.18. The first-order valence-electron chi connectivity index (χ1n) is 5.50. The van der Waals surface area contributed by atoms with Crippen molar-refractivity contribution in [2.24, 2.45) is 0 Å². The van der Waals surface area contributed by atoms with E-state index in [0.29, 0.717) is 13.0 Å². The van der Waals surface area contributed by atoms with Crippen LogP contribution < -0.4 is 5.32 Å². The zero-order chi connectivity index (χ0) is 11.5. The Hall–Kier alpha value is -0.650. The van der Waals surface area contributed by atoms with Gasteiger partial charge in [-0.2, -0.15) is 0 Å². The highest BCUT2D eigenvalue weighted by Gasteiger charge is 2.28. The number of halogens is 1. The first-order chi connectivity index (χ1) is 7.70. The van der Waals surface area contributed by atoms with Crippen molar-refractivity contribution in [1.29, 1.82) is 0 Å². The number of benzene rings is 1. The van der Waals surface area contributed by atoms with E-state index in [2.05, 4.69) is 5.32 Å². The molecule has 1 heterocycles. The van der Waals surface area contributed by atoms with Gasteiger partial charge in [-0.25, -0.2) is 0 Å². The van der Waals surface area contributed by atoms with Crippen LogP contribution in [-0.2, 0) is 6.61 Å². The zero-order valence-electron chi connectivity index (χ0n) is 9.41. The molecule has 96 valence electrons. The molecule has 3 atom stereocenters. The van der Waals surface area contributed by atoms with Crippen molar-refractivity contribution in [3.8, 4) is 0 Å². The zero-order valence-corrected chi connectivity index (χ0v) is 10.2. The molecule has 0 aromatic heterocycles. The smallest absolute Gasteiger partial charge is 0.0943 e. The van der Waals surface area contributed by atoms with Gasteiger partial charge in [-0.05, 0) is 17.5 Å². The van der Waals surface area contributed by atoms with Gasteiger partial charge in [0.15, 0.2) is 0 Å². The first-order valence-corrected chi connectivity index (χ1v) is 5.50. The fourth-order valence-electron chi connectivity index (χ4n) is 2.04.